The van der Waals surface area contributed by atoms with Crippen molar-refractivity contribution < 1.29 is 9.59 Å². The minimum atomic E-state index is -0.0985. The summed E-state index contributed by atoms with van der Waals surface area (Å²) in [4.78, 5) is 27.2. The molecule has 3 amide bonds. The zero-order valence-electron chi connectivity index (χ0n) is 12.5. The van der Waals surface area contributed by atoms with E-state index in [2.05, 4.69) is 18.5 Å². The molecule has 20 heavy (non-hydrogen) atoms. The molecule has 5 nitrogen and oxygen atoms in total. The number of likely N-dealkylation sites (tertiary alicyclic amines) is 1. The van der Waals surface area contributed by atoms with Crippen LogP contribution >= 0.6 is 0 Å². The van der Waals surface area contributed by atoms with Gasteiger partial charge in [0, 0.05) is 38.6 Å². The Morgan fingerprint density at radius 2 is 2.00 bits per heavy atom. The molecule has 0 bridgehead atoms. The van der Waals surface area contributed by atoms with E-state index in [4.69, 9.17) is 0 Å². The van der Waals surface area contributed by atoms with Gasteiger partial charge in [-0.15, -0.1) is 13.2 Å². The van der Waals surface area contributed by atoms with Gasteiger partial charge in [0.15, 0.2) is 0 Å². The van der Waals surface area contributed by atoms with Gasteiger partial charge in [0.2, 0.25) is 5.91 Å². The van der Waals surface area contributed by atoms with E-state index in [1.165, 1.54) is 0 Å². The highest BCUT2D eigenvalue weighted by atomic mass is 16.2. The number of carbonyl (C=O) groups excluding carboxylic acids is 2. The number of urea groups is 1. The third-order valence-corrected chi connectivity index (χ3v) is 3.64. The highest BCUT2D eigenvalue weighted by Crippen LogP contribution is 2.17. The fourth-order valence-electron chi connectivity index (χ4n) is 2.37. The highest BCUT2D eigenvalue weighted by molar-refractivity contribution is 5.75. The normalized spacial score (nSPS) is 17.2. The summed E-state index contributed by atoms with van der Waals surface area (Å²) in [5.74, 6) is 0.100. The lowest BCUT2D eigenvalue weighted by Gasteiger charge is -2.38. The average molecular weight is 279 g/mol. The van der Waals surface area contributed by atoms with E-state index in [-0.39, 0.29) is 24.0 Å². The van der Waals surface area contributed by atoms with Gasteiger partial charge < -0.3 is 15.1 Å². The van der Waals surface area contributed by atoms with Crippen molar-refractivity contribution in [3.8, 4) is 0 Å². The lowest BCUT2D eigenvalue weighted by atomic mass is 10.0. The standard InChI is InChI=1S/C15H25N3O2/c1-5-9-18(15(20)16-12(3)6-2)14-7-10-17(11-8-14)13(4)19/h5-6,12,14H,1-2,7-11H2,3-4H3,(H,16,20). The van der Waals surface area contributed by atoms with Crippen molar-refractivity contribution >= 4 is 11.9 Å². The maximum Gasteiger partial charge on any atom is 0.318 e. The van der Waals surface area contributed by atoms with Crippen LogP contribution in [0, 0.1) is 0 Å². The summed E-state index contributed by atoms with van der Waals surface area (Å²) >= 11 is 0. The van der Waals surface area contributed by atoms with Crippen LogP contribution in [0.4, 0.5) is 4.79 Å². The molecule has 0 radical (unpaired) electrons. The Hall–Kier alpha value is -1.78. The van der Waals surface area contributed by atoms with Crippen LogP contribution in [0.5, 0.6) is 0 Å². The number of hydrogen-bond acceptors (Lipinski definition) is 2. The summed E-state index contributed by atoms with van der Waals surface area (Å²) in [5.41, 5.74) is 0. The number of carbonyl (C=O) groups is 2. The molecule has 0 saturated carbocycles. The summed E-state index contributed by atoms with van der Waals surface area (Å²) in [7, 11) is 0. The molecule has 1 atom stereocenters. The van der Waals surface area contributed by atoms with E-state index >= 15 is 0 Å². The van der Waals surface area contributed by atoms with E-state index < -0.39 is 0 Å². The lowest BCUT2D eigenvalue weighted by molar-refractivity contribution is -0.130. The lowest BCUT2D eigenvalue weighted by Crippen LogP contribution is -2.52. The fraction of sp³-hybridized carbons (Fsp3) is 0.600. The smallest absolute Gasteiger partial charge is 0.318 e. The molecule has 0 spiro atoms. The highest BCUT2D eigenvalue weighted by Gasteiger charge is 2.28. The predicted molar refractivity (Wildman–Crippen MR) is 80.4 cm³/mol. The van der Waals surface area contributed by atoms with Crippen molar-refractivity contribution in [1.82, 2.24) is 15.1 Å². The molecule has 0 aromatic heterocycles. The number of amides is 3. The predicted octanol–water partition coefficient (Wildman–Crippen LogP) is 1.77. The van der Waals surface area contributed by atoms with Crippen LogP contribution in [0.25, 0.3) is 0 Å². The molecule has 1 N–H and O–H groups in total. The van der Waals surface area contributed by atoms with E-state index in [1.807, 2.05) is 11.8 Å². The van der Waals surface area contributed by atoms with Gasteiger partial charge in [-0.3, -0.25) is 4.79 Å². The largest absolute Gasteiger partial charge is 0.343 e. The van der Waals surface area contributed by atoms with Crippen LogP contribution in [0.1, 0.15) is 26.7 Å². The maximum absolute atomic E-state index is 12.3. The summed E-state index contributed by atoms with van der Waals surface area (Å²) in [6.07, 6.45) is 5.05. The van der Waals surface area contributed by atoms with Crippen molar-refractivity contribution in [3.05, 3.63) is 25.3 Å². The average Bonchev–Trinajstić information content (AvgIpc) is 2.44. The third-order valence-electron chi connectivity index (χ3n) is 3.64. The molecule has 0 aromatic rings. The van der Waals surface area contributed by atoms with Gasteiger partial charge in [0.05, 0.1) is 0 Å². The van der Waals surface area contributed by atoms with Gasteiger partial charge in [-0.05, 0) is 19.8 Å². The molecular formula is C15H25N3O2. The summed E-state index contributed by atoms with van der Waals surface area (Å²) in [5, 5.41) is 2.89. The van der Waals surface area contributed by atoms with Gasteiger partial charge in [-0.2, -0.15) is 0 Å². The molecule has 1 saturated heterocycles. The van der Waals surface area contributed by atoms with E-state index in [1.54, 1.807) is 24.0 Å². The first kappa shape index (κ1) is 16.3. The molecule has 1 aliphatic rings. The zero-order valence-corrected chi connectivity index (χ0v) is 12.5. The maximum atomic E-state index is 12.3. The molecule has 0 aliphatic carbocycles. The summed E-state index contributed by atoms with van der Waals surface area (Å²) < 4.78 is 0. The van der Waals surface area contributed by atoms with E-state index in [0.717, 1.165) is 12.8 Å². The molecule has 1 aliphatic heterocycles. The first-order valence-corrected chi connectivity index (χ1v) is 7.05. The Kier molecular flexibility index (Phi) is 6.28. The summed E-state index contributed by atoms with van der Waals surface area (Å²) in [6.45, 7) is 12.8. The molecule has 1 heterocycles. The van der Waals surface area contributed by atoms with Gasteiger partial charge in [0.25, 0.3) is 0 Å². The number of nitrogens with one attached hydrogen (secondary N) is 1. The van der Waals surface area contributed by atoms with Crippen molar-refractivity contribution in [2.24, 2.45) is 0 Å². The Labute approximate surface area is 121 Å². The zero-order chi connectivity index (χ0) is 15.1. The van der Waals surface area contributed by atoms with Crippen LogP contribution in [-0.2, 0) is 4.79 Å². The van der Waals surface area contributed by atoms with Crippen LogP contribution < -0.4 is 5.32 Å². The summed E-state index contributed by atoms with van der Waals surface area (Å²) in [6, 6.07) is -0.00804. The van der Waals surface area contributed by atoms with Crippen LogP contribution in [0.3, 0.4) is 0 Å². The number of hydrogen-bond donors (Lipinski definition) is 1. The van der Waals surface area contributed by atoms with Gasteiger partial charge in [-0.25, -0.2) is 4.79 Å². The monoisotopic (exact) mass is 279 g/mol. The van der Waals surface area contributed by atoms with Gasteiger partial charge >= 0.3 is 6.03 Å². The van der Waals surface area contributed by atoms with Crippen molar-refractivity contribution in [2.75, 3.05) is 19.6 Å². The number of rotatable bonds is 5. The van der Waals surface area contributed by atoms with Gasteiger partial charge in [0.1, 0.15) is 0 Å². The second-order valence-electron chi connectivity index (χ2n) is 5.15. The van der Waals surface area contributed by atoms with Crippen LogP contribution in [-0.4, -0.2) is 53.5 Å². The quantitative estimate of drug-likeness (QED) is 0.780. The van der Waals surface area contributed by atoms with Crippen LogP contribution in [0.2, 0.25) is 0 Å². The van der Waals surface area contributed by atoms with E-state index in [0.29, 0.717) is 19.6 Å². The molecule has 1 unspecified atom stereocenters. The van der Waals surface area contributed by atoms with E-state index in [9.17, 15) is 9.59 Å². The van der Waals surface area contributed by atoms with Crippen molar-refractivity contribution in [2.45, 2.75) is 38.8 Å². The number of piperidine rings is 1. The molecule has 1 rings (SSSR count). The minimum absolute atomic E-state index is 0.0628. The van der Waals surface area contributed by atoms with Crippen molar-refractivity contribution in [3.63, 3.8) is 0 Å². The topological polar surface area (TPSA) is 52.7 Å². The van der Waals surface area contributed by atoms with Gasteiger partial charge in [-0.1, -0.05) is 12.2 Å². The SMILES string of the molecule is C=CCN(C(=O)NC(C)C=C)C1CCN(C(C)=O)CC1. The Balaban J connectivity index is 2.62. The fourth-order valence-corrected chi connectivity index (χ4v) is 2.37. The molecular weight excluding hydrogens is 254 g/mol. The Bertz CT molecular complexity index is 373. The first-order chi connectivity index (χ1) is 9.49. The molecule has 112 valence electrons. The molecule has 0 aromatic carbocycles. The van der Waals surface area contributed by atoms with Crippen LogP contribution in [0.15, 0.2) is 25.3 Å². The molecule has 5 heteroatoms. The Morgan fingerprint density at radius 1 is 1.40 bits per heavy atom. The first-order valence-electron chi connectivity index (χ1n) is 7.05. The number of nitrogens with zero attached hydrogens (tertiary/aromatic N) is 2. The molecule has 1 fully saturated rings. The van der Waals surface area contributed by atoms with Crippen molar-refractivity contribution in [1.29, 1.82) is 0 Å². The second kappa shape index (κ2) is 7.72. The third kappa shape index (κ3) is 4.40. The Morgan fingerprint density at radius 3 is 2.45 bits per heavy atom. The minimum Gasteiger partial charge on any atom is -0.343 e. The second-order valence-corrected chi connectivity index (χ2v) is 5.15.